The summed E-state index contributed by atoms with van der Waals surface area (Å²) in [5.74, 6) is 0.114. The summed E-state index contributed by atoms with van der Waals surface area (Å²) in [5, 5.41) is 3.27. The van der Waals surface area contributed by atoms with Crippen LogP contribution in [0.15, 0.2) is 18.2 Å². The van der Waals surface area contributed by atoms with E-state index in [1.165, 1.54) is 12.1 Å². The Labute approximate surface area is 105 Å². The predicted octanol–water partition coefficient (Wildman–Crippen LogP) is 3.94. The van der Waals surface area contributed by atoms with E-state index in [9.17, 15) is 13.2 Å². The first-order valence-corrected chi connectivity index (χ1v) is 6.10. The molecule has 4 heteroatoms. The maximum Gasteiger partial charge on any atom is 0.416 e. The molecule has 18 heavy (non-hydrogen) atoms. The number of nitrogens with one attached hydrogen (secondary N) is 1. The van der Waals surface area contributed by atoms with E-state index in [0.717, 1.165) is 17.7 Å². The van der Waals surface area contributed by atoms with Gasteiger partial charge in [-0.15, -0.1) is 0 Å². The highest BCUT2D eigenvalue weighted by atomic mass is 19.4. The smallest absolute Gasteiger partial charge is 0.312 e. The van der Waals surface area contributed by atoms with Gasteiger partial charge in [-0.3, -0.25) is 0 Å². The summed E-state index contributed by atoms with van der Waals surface area (Å²) < 4.78 is 38.3. The maximum absolute atomic E-state index is 12.8. The minimum Gasteiger partial charge on any atom is -0.312 e. The molecular weight excluding hydrogens is 239 g/mol. The molecule has 2 rings (SSSR count). The van der Waals surface area contributed by atoms with Crippen LogP contribution in [0.1, 0.15) is 43.4 Å². The SMILES string of the molecule is CC(C)(C)C1CNCc2ccc(C(F)(F)F)cc21. The summed E-state index contributed by atoms with van der Waals surface area (Å²) in [6, 6.07) is 4.10. The van der Waals surface area contributed by atoms with Crippen LogP contribution in [-0.4, -0.2) is 6.54 Å². The van der Waals surface area contributed by atoms with Crippen molar-refractivity contribution < 1.29 is 13.2 Å². The summed E-state index contributed by atoms with van der Waals surface area (Å²) >= 11 is 0. The molecule has 0 radical (unpaired) electrons. The van der Waals surface area contributed by atoms with Crippen LogP contribution < -0.4 is 5.32 Å². The van der Waals surface area contributed by atoms with Crippen molar-refractivity contribution in [3.8, 4) is 0 Å². The first-order valence-electron chi connectivity index (χ1n) is 6.10. The van der Waals surface area contributed by atoms with Gasteiger partial charge in [0.25, 0.3) is 0 Å². The van der Waals surface area contributed by atoms with Gasteiger partial charge in [-0.2, -0.15) is 13.2 Å². The van der Waals surface area contributed by atoms with Crippen molar-refractivity contribution in [3.05, 3.63) is 34.9 Å². The molecule has 0 spiro atoms. The molecule has 1 nitrogen and oxygen atoms in total. The van der Waals surface area contributed by atoms with Crippen molar-refractivity contribution in [1.29, 1.82) is 0 Å². The maximum atomic E-state index is 12.8. The van der Waals surface area contributed by atoms with Gasteiger partial charge in [0.1, 0.15) is 0 Å². The fourth-order valence-corrected chi connectivity index (χ4v) is 2.49. The van der Waals surface area contributed by atoms with Gasteiger partial charge < -0.3 is 5.32 Å². The van der Waals surface area contributed by atoms with Crippen molar-refractivity contribution in [1.82, 2.24) is 5.32 Å². The lowest BCUT2D eigenvalue weighted by atomic mass is 9.73. The molecule has 0 fully saturated rings. The Bertz CT molecular complexity index is 443. The monoisotopic (exact) mass is 257 g/mol. The molecule has 1 aliphatic rings. The second kappa shape index (κ2) is 4.26. The number of fused-ring (bicyclic) bond motifs is 1. The van der Waals surface area contributed by atoms with E-state index in [-0.39, 0.29) is 11.3 Å². The van der Waals surface area contributed by atoms with Crippen molar-refractivity contribution in [2.75, 3.05) is 6.54 Å². The zero-order valence-corrected chi connectivity index (χ0v) is 10.9. The van der Waals surface area contributed by atoms with Crippen molar-refractivity contribution in [3.63, 3.8) is 0 Å². The Balaban J connectivity index is 2.48. The van der Waals surface area contributed by atoms with Gasteiger partial charge in [0, 0.05) is 19.0 Å². The predicted molar refractivity (Wildman–Crippen MR) is 65.3 cm³/mol. The lowest BCUT2D eigenvalue weighted by Gasteiger charge is -2.36. The minimum absolute atomic E-state index is 0.0492. The Kier molecular flexibility index (Phi) is 3.18. The van der Waals surface area contributed by atoms with Gasteiger partial charge >= 0.3 is 6.18 Å². The third-order valence-electron chi connectivity index (χ3n) is 3.56. The number of benzene rings is 1. The molecule has 1 aliphatic heterocycles. The van der Waals surface area contributed by atoms with Gasteiger partial charge in [0.15, 0.2) is 0 Å². The molecule has 1 N–H and O–H groups in total. The molecule has 0 saturated carbocycles. The van der Waals surface area contributed by atoms with Crippen LogP contribution in [0.2, 0.25) is 0 Å². The summed E-state index contributed by atoms with van der Waals surface area (Å²) in [5.41, 5.74) is 1.23. The van der Waals surface area contributed by atoms with Crippen LogP contribution in [0.5, 0.6) is 0 Å². The van der Waals surface area contributed by atoms with E-state index in [2.05, 4.69) is 26.1 Å². The minimum atomic E-state index is -4.26. The molecule has 1 heterocycles. The highest BCUT2D eigenvalue weighted by Gasteiger charge is 2.35. The molecule has 1 atom stereocenters. The van der Waals surface area contributed by atoms with Gasteiger partial charge in [0.05, 0.1) is 5.56 Å². The van der Waals surface area contributed by atoms with Gasteiger partial charge in [-0.25, -0.2) is 0 Å². The highest BCUT2D eigenvalue weighted by Crippen LogP contribution is 2.40. The molecule has 0 amide bonds. The first kappa shape index (κ1) is 13.4. The molecule has 1 aromatic carbocycles. The van der Waals surface area contributed by atoms with Crippen LogP contribution in [0.3, 0.4) is 0 Å². The zero-order chi connectivity index (χ0) is 13.6. The average molecular weight is 257 g/mol. The molecular formula is C14H18F3N. The molecule has 0 saturated heterocycles. The van der Waals surface area contributed by atoms with E-state index in [0.29, 0.717) is 6.54 Å². The summed E-state index contributed by atoms with van der Waals surface area (Å²) in [7, 11) is 0. The van der Waals surface area contributed by atoms with E-state index in [1.54, 1.807) is 6.07 Å². The van der Waals surface area contributed by atoms with E-state index in [1.807, 2.05) is 0 Å². The Morgan fingerprint density at radius 2 is 1.83 bits per heavy atom. The Morgan fingerprint density at radius 3 is 2.39 bits per heavy atom. The van der Waals surface area contributed by atoms with Gasteiger partial charge in [-0.05, 0) is 28.7 Å². The number of hydrogen-bond donors (Lipinski definition) is 1. The fourth-order valence-electron chi connectivity index (χ4n) is 2.49. The van der Waals surface area contributed by atoms with Crippen LogP contribution in [0, 0.1) is 5.41 Å². The molecule has 0 aromatic heterocycles. The number of rotatable bonds is 0. The van der Waals surface area contributed by atoms with Crippen molar-refractivity contribution in [2.45, 2.75) is 39.4 Å². The summed E-state index contributed by atoms with van der Waals surface area (Å²) in [4.78, 5) is 0. The molecule has 1 unspecified atom stereocenters. The second-order valence-corrected chi connectivity index (χ2v) is 5.96. The molecule has 0 aliphatic carbocycles. The average Bonchev–Trinajstić information content (AvgIpc) is 2.25. The topological polar surface area (TPSA) is 12.0 Å². The summed E-state index contributed by atoms with van der Waals surface area (Å²) in [6.07, 6.45) is -4.26. The van der Waals surface area contributed by atoms with Crippen LogP contribution in [-0.2, 0) is 12.7 Å². The number of hydrogen-bond acceptors (Lipinski definition) is 1. The fraction of sp³-hybridized carbons (Fsp3) is 0.571. The van der Waals surface area contributed by atoms with E-state index in [4.69, 9.17) is 0 Å². The van der Waals surface area contributed by atoms with E-state index >= 15 is 0 Å². The quantitative estimate of drug-likeness (QED) is 0.742. The molecule has 0 bridgehead atoms. The second-order valence-electron chi connectivity index (χ2n) is 5.96. The Hall–Kier alpha value is -1.03. The third kappa shape index (κ3) is 2.53. The van der Waals surface area contributed by atoms with Crippen LogP contribution in [0.25, 0.3) is 0 Å². The van der Waals surface area contributed by atoms with Crippen molar-refractivity contribution in [2.24, 2.45) is 5.41 Å². The first-order chi connectivity index (χ1) is 8.19. The van der Waals surface area contributed by atoms with Gasteiger partial charge in [0.2, 0.25) is 0 Å². The van der Waals surface area contributed by atoms with Crippen LogP contribution >= 0.6 is 0 Å². The largest absolute Gasteiger partial charge is 0.416 e. The lowest BCUT2D eigenvalue weighted by Crippen LogP contribution is -2.35. The summed E-state index contributed by atoms with van der Waals surface area (Å²) in [6.45, 7) is 7.58. The lowest BCUT2D eigenvalue weighted by molar-refractivity contribution is -0.137. The van der Waals surface area contributed by atoms with E-state index < -0.39 is 11.7 Å². The molecule has 1 aromatic rings. The standard InChI is InChI=1S/C14H18F3N/c1-13(2,3)12-8-18-7-9-4-5-10(6-11(9)12)14(15,16)17/h4-6,12,18H,7-8H2,1-3H3. The van der Waals surface area contributed by atoms with Crippen molar-refractivity contribution >= 4 is 0 Å². The number of halogens is 3. The normalized spacial score (nSPS) is 20.7. The zero-order valence-electron chi connectivity index (χ0n) is 10.9. The molecule has 100 valence electrons. The third-order valence-corrected chi connectivity index (χ3v) is 3.56. The Morgan fingerprint density at radius 1 is 1.17 bits per heavy atom. The highest BCUT2D eigenvalue weighted by molar-refractivity contribution is 5.38. The number of alkyl halides is 3. The van der Waals surface area contributed by atoms with Crippen LogP contribution in [0.4, 0.5) is 13.2 Å². The van der Waals surface area contributed by atoms with Gasteiger partial charge in [-0.1, -0.05) is 26.8 Å².